The van der Waals surface area contributed by atoms with Crippen molar-refractivity contribution in [3.8, 4) is 16.9 Å². The fourth-order valence-corrected chi connectivity index (χ4v) is 1.75. The van der Waals surface area contributed by atoms with Crippen molar-refractivity contribution in [3.05, 3.63) is 46.5 Å². The highest BCUT2D eigenvalue weighted by Crippen LogP contribution is 2.37. The van der Waals surface area contributed by atoms with Crippen molar-refractivity contribution in [2.75, 3.05) is 0 Å². The van der Waals surface area contributed by atoms with Gasteiger partial charge in [-0.05, 0) is 6.07 Å². The molecule has 16 heavy (non-hydrogen) atoms. The van der Waals surface area contributed by atoms with Crippen molar-refractivity contribution in [2.24, 2.45) is 0 Å². The highest BCUT2D eigenvalue weighted by molar-refractivity contribution is 6.43. The summed E-state index contributed by atoms with van der Waals surface area (Å²) in [5.41, 5.74) is 0.730. The van der Waals surface area contributed by atoms with Crippen LogP contribution in [0.25, 0.3) is 11.1 Å². The molecule has 0 aliphatic rings. The Morgan fingerprint density at radius 2 is 1.94 bits per heavy atom. The van der Waals surface area contributed by atoms with Crippen LogP contribution in [0.5, 0.6) is 5.75 Å². The van der Waals surface area contributed by atoms with Gasteiger partial charge in [-0.2, -0.15) is 4.39 Å². The zero-order valence-electron chi connectivity index (χ0n) is 7.92. The normalized spacial score (nSPS) is 10.4. The van der Waals surface area contributed by atoms with Crippen LogP contribution in [0.3, 0.4) is 0 Å². The second-order valence-corrected chi connectivity index (χ2v) is 3.91. The Kier molecular flexibility index (Phi) is 2.99. The summed E-state index contributed by atoms with van der Waals surface area (Å²) in [7, 11) is 0. The number of hydrogen-bond donors (Lipinski definition) is 1. The summed E-state index contributed by atoms with van der Waals surface area (Å²) in [6, 6.07) is 6.03. The SMILES string of the molecule is Oc1cnc(F)cc1-c1cccc(Cl)c1Cl. The van der Waals surface area contributed by atoms with Gasteiger partial charge < -0.3 is 5.11 Å². The molecule has 0 unspecified atom stereocenters. The lowest BCUT2D eigenvalue weighted by molar-refractivity contribution is 0.469. The maximum Gasteiger partial charge on any atom is 0.213 e. The lowest BCUT2D eigenvalue weighted by Crippen LogP contribution is -1.87. The number of rotatable bonds is 1. The summed E-state index contributed by atoms with van der Waals surface area (Å²) in [5.74, 6) is -0.839. The molecule has 82 valence electrons. The van der Waals surface area contributed by atoms with Gasteiger partial charge in [-0.25, -0.2) is 4.98 Å². The average molecular weight is 258 g/mol. The summed E-state index contributed by atoms with van der Waals surface area (Å²) in [4.78, 5) is 3.32. The quantitative estimate of drug-likeness (QED) is 0.787. The van der Waals surface area contributed by atoms with Crippen LogP contribution in [0.15, 0.2) is 30.5 Å². The minimum absolute atomic E-state index is 0.148. The Labute approximate surface area is 101 Å². The maximum absolute atomic E-state index is 13.0. The number of nitrogens with zero attached hydrogens (tertiary/aromatic N) is 1. The maximum atomic E-state index is 13.0. The minimum Gasteiger partial charge on any atom is -0.506 e. The number of aromatic nitrogens is 1. The smallest absolute Gasteiger partial charge is 0.213 e. The predicted octanol–water partition coefficient (Wildman–Crippen LogP) is 3.90. The molecule has 0 aliphatic carbocycles. The number of benzene rings is 1. The van der Waals surface area contributed by atoms with Gasteiger partial charge in [0.25, 0.3) is 0 Å². The number of hydrogen-bond acceptors (Lipinski definition) is 2. The Bertz CT molecular complexity index is 546. The molecule has 0 spiro atoms. The average Bonchev–Trinajstić information content (AvgIpc) is 2.26. The predicted molar refractivity (Wildman–Crippen MR) is 61.3 cm³/mol. The Balaban J connectivity index is 2.67. The van der Waals surface area contributed by atoms with Crippen LogP contribution >= 0.6 is 23.2 Å². The molecule has 0 amide bonds. The summed E-state index contributed by atoms with van der Waals surface area (Å²) in [6.07, 6.45) is 1.03. The molecular weight excluding hydrogens is 252 g/mol. The first kappa shape index (κ1) is 11.2. The second-order valence-electron chi connectivity index (χ2n) is 3.13. The molecule has 5 heteroatoms. The Morgan fingerprint density at radius 1 is 1.19 bits per heavy atom. The highest BCUT2D eigenvalue weighted by Gasteiger charge is 2.11. The molecule has 0 atom stereocenters. The largest absolute Gasteiger partial charge is 0.506 e. The lowest BCUT2D eigenvalue weighted by Gasteiger charge is -2.07. The molecule has 1 aromatic carbocycles. The van der Waals surface area contributed by atoms with Gasteiger partial charge in [0.2, 0.25) is 5.95 Å². The van der Waals surface area contributed by atoms with Gasteiger partial charge in [-0.3, -0.25) is 0 Å². The van der Waals surface area contributed by atoms with Crippen LogP contribution < -0.4 is 0 Å². The van der Waals surface area contributed by atoms with E-state index in [1.54, 1.807) is 18.2 Å². The summed E-state index contributed by atoms with van der Waals surface area (Å²) >= 11 is 11.8. The first-order chi connectivity index (χ1) is 7.59. The third-order valence-corrected chi connectivity index (χ3v) is 2.91. The Morgan fingerprint density at radius 3 is 2.69 bits per heavy atom. The van der Waals surface area contributed by atoms with E-state index >= 15 is 0 Å². The number of halogens is 3. The van der Waals surface area contributed by atoms with E-state index in [1.165, 1.54) is 0 Å². The van der Waals surface area contributed by atoms with Crippen LogP contribution in [0.4, 0.5) is 4.39 Å². The fraction of sp³-hybridized carbons (Fsp3) is 0. The molecule has 0 radical (unpaired) electrons. The Hall–Kier alpha value is -1.32. The standard InChI is InChI=1S/C11H6Cl2FNO/c12-8-3-1-2-6(11(8)13)7-4-10(14)15-5-9(7)16/h1-5,16H. The van der Waals surface area contributed by atoms with Crippen molar-refractivity contribution >= 4 is 23.2 Å². The first-order valence-corrected chi connectivity index (χ1v) is 5.14. The molecule has 1 N–H and O–H groups in total. The van der Waals surface area contributed by atoms with E-state index < -0.39 is 5.95 Å². The van der Waals surface area contributed by atoms with Crippen molar-refractivity contribution in [1.82, 2.24) is 4.98 Å². The van der Waals surface area contributed by atoms with E-state index in [9.17, 15) is 9.50 Å². The van der Waals surface area contributed by atoms with Gasteiger partial charge in [-0.15, -0.1) is 0 Å². The highest BCUT2D eigenvalue weighted by atomic mass is 35.5. The molecule has 1 aromatic heterocycles. The van der Waals surface area contributed by atoms with Gasteiger partial charge >= 0.3 is 0 Å². The van der Waals surface area contributed by atoms with Crippen LogP contribution in [-0.4, -0.2) is 10.1 Å². The van der Waals surface area contributed by atoms with Crippen molar-refractivity contribution in [1.29, 1.82) is 0 Å². The van der Waals surface area contributed by atoms with E-state index in [0.717, 1.165) is 12.3 Å². The van der Waals surface area contributed by atoms with E-state index in [4.69, 9.17) is 23.2 Å². The van der Waals surface area contributed by atoms with Gasteiger partial charge in [0.1, 0.15) is 5.75 Å². The zero-order valence-corrected chi connectivity index (χ0v) is 9.43. The molecule has 0 saturated carbocycles. The van der Waals surface area contributed by atoms with Crippen molar-refractivity contribution in [3.63, 3.8) is 0 Å². The molecule has 1 heterocycles. The third kappa shape index (κ3) is 1.96. The van der Waals surface area contributed by atoms with Crippen LogP contribution in [0.1, 0.15) is 0 Å². The van der Waals surface area contributed by atoms with Gasteiger partial charge in [0, 0.05) is 17.2 Å². The molecule has 2 nitrogen and oxygen atoms in total. The molecule has 0 bridgehead atoms. The van der Waals surface area contributed by atoms with E-state index in [0.29, 0.717) is 10.6 Å². The molecule has 2 aromatic rings. The van der Waals surface area contributed by atoms with Crippen LogP contribution in [0, 0.1) is 5.95 Å². The molecule has 0 saturated heterocycles. The second kappa shape index (κ2) is 4.28. The molecular formula is C11H6Cl2FNO. The molecule has 0 aliphatic heterocycles. The van der Waals surface area contributed by atoms with Crippen LogP contribution in [0.2, 0.25) is 10.0 Å². The van der Waals surface area contributed by atoms with E-state index in [-0.39, 0.29) is 16.3 Å². The molecule has 2 rings (SSSR count). The van der Waals surface area contributed by atoms with Gasteiger partial charge in [0.05, 0.1) is 16.2 Å². The fourth-order valence-electron chi connectivity index (χ4n) is 1.35. The lowest BCUT2D eigenvalue weighted by atomic mass is 10.1. The monoisotopic (exact) mass is 257 g/mol. The minimum atomic E-state index is -0.691. The topological polar surface area (TPSA) is 33.1 Å². The molecule has 0 fully saturated rings. The van der Waals surface area contributed by atoms with E-state index in [2.05, 4.69) is 4.98 Å². The van der Waals surface area contributed by atoms with Crippen LogP contribution in [-0.2, 0) is 0 Å². The van der Waals surface area contributed by atoms with Gasteiger partial charge in [0.15, 0.2) is 0 Å². The van der Waals surface area contributed by atoms with E-state index in [1.807, 2.05) is 0 Å². The summed E-state index contributed by atoms with van der Waals surface area (Å²) < 4.78 is 13.0. The number of aromatic hydroxyl groups is 1. The number of pyridine rings is 1. The van der Waals surface area contributed by atoms with Gasteiger partial charge in [-0.1, -0.05) is 35.3 Å². The summed E-state index contributed by atoms with van der Waals surface area (Å²) in [6.45, 7) is 0. The van der Waals surface area contributed by atoms with Crippen molar-refractivity contribution in [2.45, 2.75) is 0 Å². The summed E-state index contributed by atoms with van der Waals surface area (Å²) in [5, 5.41) is 10.2. The van der Waals surface area contributed by atoms with Crippen molar-refractivity contribution < 1.29 is 9.50 Å². The first-order valence-electron chi connectivity index (χ1n) is 4.38. The zero-order chi connectivity index (χ0) is 11.7. The third-order valence-electron chi connectivity index (χ3n) is 2.09.